The van der Waals surface area contributed by atoms with Crippen molar-refractivity contribution >= 4 is 17.4 Å². The predicted molar refractivity (Wildman–Crippen MR) is 80.3 cm³/mol. The molecule has 1 saturated heterocycles. The summed E-state index contributed by atoms with van der Waals surface area (Å²) in [5.74, 6) is 0. The van der Waals surface area contributed by atoms with Gasteiger partial charge in [-0.05, 0) is 37.4 Å². The molecule has 114 valence electrons. The van der Waals surface area contributed by atoms with E-state index in [-0.39, 0.29) is 17.1 Å². The van der Waals surface area contributed by atoms with Gasteiger partial charge in [0, 0.05) is 24.4 Å². The second-order valence-corrected chi connectivity index (χ2v) is 5.68. The van der Waals surface area contributed by atoms with Crippen molar-refractivity contribution in [1.82, 2.24) is 10.6 Å². The SMILES string of the molecule is CC1(CNC(=O)Nc2cccc([N+](=O)[O-])c2)CCNCC1. The fourth-order valence-electron chi connectivity index (χ4n) is 2.37. The van der Waals surface area contributed by atoms with Crippen molar-refractivity contribution < 1.29 is 9.72 Å². The van der Waals surface area contributed by atoms with Crippen molar-refractivity contribution in [3.05, 3.63) is 34.4 Å². The van der Waals surface area contributed by atoms with E-state index in [0.717, 1.165) is 25.9 Å². The fraction of sp³-hybridized carbons (Fsp3) is 0.500. The number of carbonyl (C=O) groups excluding carboxylic acids is 1. The van der Waals surface area contributed by atoms with Gasteiger partial charge in [0.25, 0.3) is 5.69 Å². The Hall–Kier alpha value is -2.15. The largest absolute Gasteiger partial charge is 0.337 e. The molecule has 7 nitrogen and oxygen atoms in total. The van der Waals surface area contributed by atoms with Crippen LogP contribution in [-0.4, -0.2) is 30.6 Å². The highest BCUT2D eigenvalue weighted by Crippen LogP contribution is 2.26. The summed E-state index contributed by atoms with van der Waals surface area (Å²) in [5, 5.41) is 19.4. The van der Waals surface area contributed by atoms with Crippen molar-refractivity contribution in [3.63, 3.8) is 0 Å². The molecule has 0 spiro atoms. The summed E-state index contributed by atoms with van der Waals surface area (Å²) >= 11 is 0. The summed E-state index contributed by atoms with van der Waals surface area (Å²) in [6.45, 7) is 4.67. The maximum atomic E-state index is 11.9. The molecule has 0 atom stereocenters. The molecule has 7 heteroatoms. The summed E-state index contributed by atoms with van der Waals surface area (Å²) < 4.78 is 0. The van der Waals surface area contributed by atoms with Crippen LogP contribution in [-0.2, 0) is 0 Å². The van der Waals surface area contributed by atoms with Crippen LogP contribution in [0.5, 0.6) is 0 Å². The number of amides is 2. The highest BCUT2D eigenvalue weighted by Gasteiger charge is 2.26. The zero-order chi connectivity index (χ0) is 15.3. The molecule has 1 aromatic rings. The monoisotopic (exact) mass is 292 g/mol. The first-order chi connectivity index (χ1) is 9.98. The second-order valence-electron chi connectivity index (χ2n) is 5.68. The molecule has 1 aliphatic rings. The van der Waals surface area contributed by atoms with Crippen molar-refractivity contribution in [1.29, 1.82) is 0 Å². The van der Waals surface area contributed by atoms with Gasteiger partial charge in [0.1, 0.15) is 0 Å². The number of nitro benzene ring substituents is 1. The third kappa shape index (κ3) is 4.42. The van der Waals surface area contributed by atoms with Crippen LogP contribution in [0.2, 0.25) is 0 Å². The van der Waals surface area contributed by atoms with Gasteiger partial charge >= 0.3 is 6.03 Å². The van der Waals surface area contributed by atoms with E-state index in [1.165, 1.54) is 12.1 Å². The molecule has 0 aliphatic carbocycles. The van der Waals surface area contributed by atoms with E-state index in [1.807, 2.05) is 0 Å². The molecule has 0 unspecified atom stereocenters. The first-order valence-electron chi connectivity index (χ1n) is 6.99. The quantitative estimate of drug-likeness (QED) is 0.585. The minimum atomic E-state index is -0.487. The summed E-state index contributed by atoms with van der Waals surface area (Å²) in [6, 6.07) is 5.56. The Bertz CT molecular complexity index is 527. The molecule has 0 saturated carbocycles. The van der Waals surface area contributed by atoms with Gasteiger partial charge in [-0.1, -0.05) is 13.0 Å². The number of rotatable bonds is 4. The van der Waals surface area contributed by atoms with Crippen molar-refractivity contribution in [2.24, 2.45) is 5.41 Å². The van der Waals surface area contributed by atoms with Crippen molar-refractivity contribution in [3.8, 4) is 0 Å². The maximum Gasteiger partial charge on any atom is 0.319 e. The molecular weight excluding hydrogens is 272 g/mol. The van der Waals surface area contributed by atoms with Gasteiger partial charge in [0.2, 0.25) is 0 Å². The molecule has 1 aromatic carbocycles. The van der Waals surface area contributed by atoms with Crippen LogP contribution in [0.1, 0.15) is 19.8 Å². The number of urea groups is 1. The van der Waals surface area contributed by atoms with Crippen LogP contribution in [0.25, 0.3) is 0 Å². The third-order valence-corrected chi connectivity index (χ3v) is 3.80. The van der Waals surface area contributed by atoms with Gasteiger partial charge in [-0.2, -0.15) is 0 Å². The molecular formula is C14H20N4O3. The van der Waals surface area contributed by atoms with Crippen LogP contribution < -0.4 is 16.0 Å². The minimum absolute atomic E-state index is 0.0434. The Labute approximate surface area is 123 Å². The number of hydrogen-bond donors (Lipinski definition) is 3. The highest BCUT2D eigenvalue weighted by molar-refractivity contribution is 5.89. The van der Waals surface area contributed by atoms with Crippen LogP contribution in [0.3, 0.4) is 0 Å². The summed E-state index contributed by atoms with van der Waals surface area (Å²) in [7, 11) is 0. The number of piperidine rings is 1. The van der Waals surface area contributed by atoms with Gasteiger partial charge < -0.3 is 16.0 Å². The van der Waals surface area contributed by atoms with Gasteiger partial charge in [-0.3, -0.25) is 10.1 Å². The maximum absolute atomic E-state index is 11.9. The molecule has 0 aromatic heterocycles. The first kappa shape index (κ1) is 15.2. The molecule has 0 bridgehead atoms. The van der Waals surface area contributed by atoms with Crippen molar-refractivity contribution in [2.75, 3.05) is 25.0 Å². The van der Waals surface area contributed by atoms with E-state index in [1.54, 1.807) is 12.1 Å². The average Bonchev–Trinajstić information content (AvgIpc) is 2.46. The van der Waals surface area contributed by atoms with Crippen LogP contribution in [0.4, 0.5) is 16.2 Å². The minimum Gasteiger partial charge on any atom is -0.337 e. The van der Waals surface area contributed by atoms with E-state index in [2.05, 4.69) is 22.9 Å². The molecule has 1 aliphatic heterocycles. The lowest BCUT2D eigenvalue weighted by Crippen LogP contribution is -2.43. The van der Waals surface area contributed by atoms with Gasteiger partial charge in [0.15, 0.2) is 0 Å². The molecule has 1 heterocycles. The van der Waals surface area contributed by atoms with Crippen LogP contribution >= 0.6 is 0 Å². The van der Waals surface area contributed by atoms with E-state index >= 15 is 0 Å². The number of anilines is 1. The van der Waals surface area contributed by atoms with E-state index in [9.17, 15) is 14.9 Å². The number of benzene rings is 1. The van der Waals surface area contributed by atoms with Crippen LogP contribution in [0, 0.1) is 15.5 Å². The molecule has 2 amide bonds. The number of nitro groups is 1. The Kier molecular flexibility index (Phi) is 4.74. The zero-order valence-corrected chi connectivity index (χ0v) is 12.0. The summed E-state index contributed by atoms with van der Waals surface area (Å²) in [6.07, 6.45) is 2.04. The van der Waals surface area contributed by atoms with E-state index < -0.39 is 4.92 Å². The number of nitrogens with one attached hydrogen (secondary N) is 3. The van der Waals surface area contributed by atoms with Gasteiger partial charge in [0.05, 0.1) is 4.92 Å². The number of nitrogens with zero attached hydrogens (tertiary/aromatic N) is 1. The van der Waals surface area contributed by atoms with Crippen molar-refractivity contribution in [2.45, 2.75) is 19.8 Å². The van der Waals surface area contributed by atoms with Crippen LogP contribution in [0.15, 0.2) is 24.3 Å². The fourth-order valence-corrected chi connectivity index (χ4v) is 2.37. The standard InChI is InChI=1S/C14H20N4O3/c1-14(5-7-15-8-6-14)10-16-13(19)17-11-3-2-4-12(9-11)18(20)21/h2-4,9,15H,5-8,10H2,1H3,(H2,16,17,19). The zero-order valence-electron chi connectivity index (χ0n) is 12.0. The van der Waals surface area contributed by atoms with E-state index in [4.69, 9.17) is 0 Å². The average molecular weight is 292 g/mol. The molecule has 0 radical (unpaired) electrons. The second kappa shape index (κ2) is 6.53. The summed E-state index contributed by atoms with van der Waals surface area (Å²) in [4.78, 5) is 22.1. The van der Waals surface area contributed by atoms with E-state index in [0.29, 0.717) is 12.2 Å². The smallest absolute Gasteiger partial charge is 0.319 e. The van der Waals surface area contributed by atoms with Gasteiger partial charge in [-0.15, -0.1) is 0 Å². The lowest BCUT2D eigenvalue weighted by atomic mass is 9.81. The Morgan fingerprint density at radius 2 is 2.14 bits per heavy atom. The number of carbonyl (C=O) groups is 1. The third-order valence-electron chi connectivity index (χ3n) is 3.80. The first-order valence-corrected chi connectivity index (χ1v) is 6.99. The normalized spacial score (nSPS) is 17.0. The predicted octanol–water partition coefficient (Wildman–Crippen LogP) is 2.11. The summed E-state index contributed by atoms with van der Waals surface area (Å²) in [5.41, 5.74) is 0.473. The molecule has 21 heavy (non-hydrogen) atoms. The number of non-ortho nitro benzene ring substituents is 1. The lowest BCUT2D eigenvalue weighted by molar-refractivity contribution is -0.384. The van der Waals surface area contributed by atoms with Gasteiger partial charge in [-0.25, -0.2) is 4.79 Å². The Morgan fingerprint density at radius 1 is 1.43 bits per heavy atom. The topological polar surface area (TPSA) is 96.3 Å². The highest BCUT2D eigenvalue weighted by atomic mass is 16.6. The Morgan fingerprint density at radius 3 is 2.81 bits per heavy atom. The molecule has 1 fully saturated rings. The number of hydrogen-bond acceptors (Lipinski definition) is 4. The molecule has 3 N–H and O–H groups in total. The Balaban J connectivity index is 1.87. The lowest BCUT2D eigenvalue weighted by Gasteiger charge is -2.34. The molecule has 2 rings (SSSR count).